The topological polar surface area (TPSA) is 84.0 Å². The van der Waals surface area contributed by atoms with Gasteiger partial charge in [0, 0.05) is 19.6 Å². The zero-order valence-electron chi connectivity index (χ0n) is 15.7. The highest BCUT2D eigenvalue weighted by atomic mass is 16.3. The van der Waals surface area contributed by atoms with Crippen molar-refractivity contribution in [3.63, 3.8) is 0 Å². The van der Waals surface area contributed by atoms with Crippen molar-refractivity contribution in [2.75, 3.05) is 13.2 Å². The Bertz CT molecular complexity index is 573. The van der Waals surface area contributed by atoms with E-state index < -0.39 is 0 Å². The molecule has 5 heteroatoms. The van der Waals surface area contributed by atoms with Crippen molar-refractivity contribution >= 4 is 12.4 Å². The van der Waals surface area contributed by atoms with Crippen LogP contribution in [0.3, 0.4) is 0 Å². The Labute approximate surface area is 150 Å². The number of aliphatic hydroxyl groups is 2. The van der Waals surface area contributed by atoms with Gasteiger partial charge in [-0.2, -0.15) is 4.91 Å². The second-order valence-electron chi connectivity index (χ2n) is 9.08. The zero-order chi connectivity index (χ0) is 18.2. The fourth-order valence-corrected chi connectivity index (χ4v) is 6.67. The van der Waals surface area contributed by atoms with Crippen molar-refractivity contribution in [2.24, 2.45) is 39.7 Å². The van der Waals surface area contributed by atoms with Gasteiger partial charge in [-0.05, 0) is 74.5 Å². The Hall–Kier alpha value is -1.03. The van der Waals surface area contributed by atoms with E-state index in [2.05, 4.69) is 30.4 Å². The second-order valence-corrected chi connectivity index (χ2v) is 9.08. The summed E-state index contributed by atoms with van der Waals surface area (Å²) in [6.07, 6.45) is 6.59. The maximum Gasteiger partial charge on any atom is 0.285 e. The third-order valence-corrected chi connectivity index (χ3v) is 8.30. The smallest absolute Gasteiger partial charge is 0.285 e. The molecule has 0 radical (unpaired) electrons. The van der Waals surface area contributed by atoms with E-state index in [1.54, 1.807) is 0 Å². The highest BCUT2D eigenvalue weighted by molar-refractivity contribution is 5.92. The van der Waals surface area contributed by atoms with Gasteiger partial charge in [0.05, 0.1) is 11.5 Å². The van der Waals surface area contributed by atoms with Gasteiger partial charge < -0.3 is 10.2 Å². The van der Waals surface area contributed by atoms with Crippen molar-refractivity contribution in [1.82, 2.24) is 4.67 Å². The molecule has 140 valence electrons. The first kappa shape index (κ1) is 18.8. The van der Waals surface area contributed by atoms with Gasteiger partial charge in [0.1, 0.15) is 0 Å². The number of fused-ring (bicyclic) bond motifs is 1. The molecule has 0 heterocycles. The predicted molar refractivity (Wildman–Crippen MR) is 101 cm³/mol. The van der Waals surface area contributed by atoms with Crippen LogP contribution in [0.4, 0.5) is 0 Å². The average Bonchev–Trinajstić information content (AvgIpc) is 2.97. The molecule has 0 amide bonds. The molecule has 3 aliphatic rings. The van der Waals surface area contributed by atoms with Gasteiger partial charge in [0.15, 0.2) is 0 Å². The Morgan fingerprint density at radius 2 is 1.92 bits per heavy atom. The lowest BCUT2D eigenvalue weighted by Gasteiger charge is -2.55. The van der Waals surface area contributed by atoms with E-state index in [0.29, 0.717) is 18.3 Å². The third kappa shape index (κ3) is 2.81. The summed E-state index contributed by atoms with van der Waals surface area (Å²) < 4.78 is 4.32. The van der Waals surface area contributed by atoms with Gasteiger partial charge in [-0.15, -0.1) is 4.67 Å². The van der Waals surface area contributed by atoms with Gasteiger partial charge in [-0.3, -0.25) is 0 Å². The Kier molecular flexibility index (Phi) is 5.21. The molecule has 0 aromatic rings. The van der Waals surface area contributed by atoms with E-state index in [9.17, 15) is 15.1 Å². The van der Waals surface area contributed by atoms with E-state index >= 15 is 0 Å². The van der Waals surface area contributed by atoms with Crippen LogP contribution in [0.2, 0.25) is 0 Å². The molecule has 3 aliphatic carbocycles. The Morgan fingerprint density at radius 1 is 1.16 bits per heavy atom. The molecule has 3 saturated carbocycles. The average molecular weight is 349 g/mol. The minimum absolute atomic E-state index is 0.0327. The SMILES string of the molecule is C=[N+]=C1CCC2[C@H](CO)C([C@@]3(C)CC[C@H](N=O)C[C@@H]3CO)CC[C@]12C. The maximum atomic E-state index is 11.0. The van der Waals surface area contributed by atoms with E-state index in [0.717, 1.165) is 38.5 Å². The molecule has 25 heavy (non-hydrogen) atoms. The van der Waals surface area contributed by atoms with Crippen molar-refractivity contribution in [1.29, 1.82) is 0 Å². The molecule has 0 bridgehead atoms. The molecule has 0 spiro atoms. The summed E-state index contributed by atoms with van der Waals surface area (Å²) in [5.41, 5.74) is 1.25. The molecule has 0 aromatic carbocycles. The molecule has 0 saturated heterocycles. The maximum absolute atomic E-state index is 11.0. The first-order chi connectivity index (χ1) is 11.9. The zero-order valence-corrected chi connectivity index (χ0v) is 15.7. The highest BCUT2D eigenvalue weighted by Gasteiger charge is 2.60. The number of aliphatic hydroxyl groups excluding tert-OH is 2. The van der Waals surface area contributed by atoms with Gasteiger partial charge in [0.2, 0.25) is 0 Å². The number of rotatable bonds is 4. The molecule has 0 aliphatic heterocycles. The van der Waals surface area contributed by atoms with Crippen LogP contribution >= 0.6 is 0 Å². The van der Waals surface area contributed by atoms with Gasteiger partial charge in [-0.1, -0.05) is 12.1 Å². The molecule has 7 atom stereocenters. The quantitative estimate of drug-likeness (QED) is 0.465. The van der Waals surface area contributed by atoms with Crippen LogP contribution in [0.1, 0.15) is 58.8 Å². The standard InChI is InChI=1S/C20H33N2O3/c1-19(8-6-14(22-25)10-13(19)11-23)17-7-9-20(2)16(15(17)12-24)4-5-18(20)21-3/h13-17,23-24H,3-12H2,1-2H3/q+1/t13-,14+,15+,16?,17?,19+,20+/m1/s1. The molecule has 2 N–H and O–H groups in total. The molecule has 3 rings (SSSR count). The largest absolute Gasteiger partial charge is 0.396 e. The van der Waals surface area contributed by atoms with Gasteiger partial charge in [-0.25, -0.2) is 0 Å². The van der Waals surface area contributed by atoms with Gasteiger partial charge >= 0.3 is 0 Å². The lowest BCUT2D eigenvalue weighted by molar-refractivity contribution is -0.0848. The molecular formula is C20H33N2O3+. The number of nitrogens with zero attached hydrogens (tertiary/aromatic N) is 2. The van der Waals surface area contributed by atoms with Crippen LogP contribution < -0.4 is 4.67 Å². The summed E-state index contributed by atoms with van der Waals surface area (Å²) in [4.78, 5) is 11.0. The molecule has 0 aromatic heterocycles. The summed E-state index contributed by atoms with van der Waals surface area (Å²) in [7, 11) is 0. The monoisotopic (exact) mass is 349 g/mol. The molecule has 5 nitrogen and oxygen atoms in total. The second kappa shape index (κ2) is 6.94. The summed E-state index contributed by atoms with van der Waals surface area (Å²) in [6.45, 7) is 8.64. The van der Waals surface area contributed by atoms with E-state index in [-0.39, 0.29) is 41.9 Å². The number of hydrogen-bond donors (Lipinski definition) is 2. The Balaban J connectivity index is 1.90. The first-order valence-electron chi connectivity index (χ1n) is 9.81. The van der Waals surface area contributed by atoms with Crippen LogP contribution in [0.25, 0.3) is 0 Å². The third-order valence-electron chi connectivity index (χ3n) is 8.30. The summed E-state index contributed by atoms with van der Waals surface area (Å²) in [5, 5.41) is 23.6. The van der Waals surface area contributed by atoms with Crippen LogP contribution in [-0.2, 0) is 0 Å². The fourth-order valence-electron chi connectivity index (χ4n) is 6.67. The van der Waals surface area contributed by atoms with Crippen molar-refractivity contribution in [2.45, 2.75) is 64.8 Å². The fraction of sp³-hybridized carbons (Fsp3) is 0.900. The number of nitroso groups, excluding NO2 is 1. The summed E-state index contributed by atoms with van der Waals surface area (Å²) in [5.74, 6) is 1.15. The van der Waals surface area contributed by atoms with E-state index in [4.69, 9.17) is 0 Å². The van der Waals surface area contributed by atoms with Crippen molar-refractivity contribution in [3.8, 4) is 0 Å². The van der Waals surface area contributed by atoms with Crippen molar-refractivity contribution < 1.29 is 10.2 Å². The first-order valence-corrected chi connectivity index (χ1v) is 9.81. The minimum Gasteiger partial charge on any atom is -0.396 e. The molecular weight excluding hydrogens is 316 g/mol. The summed E-state index contributed by atoms with van der Waals surface area (Å²) in [6, 6.07) is -0.164. The molecule has 2 unspecified atom stereocenters. The predicted octanol–water partition coefficient (Wildman–Crippen LogP) is 2.56. The van der Waals surface area contributed by atoms with E-state index in [1.807, 2.05) is 0 Å². The van der Waals surface area contributed by atoms with E-state index in [1.165, 1.54) is 5.71 Å². The van der Waals surface area contributed by atoms with Crippen LogP contribution in [0.15, 0.2) is 5.18 Å². The lowest BCUT2D eigenvalue weighted by Crippen LogP contribution is -2.52. The minimum atomic E-state index is -0.164. The normalized spacial score (nSPS) is 47.2. The lowest BCUT2D eigenvalue weighted by atomic mass is 9.49. The van der Waals surface area contributed by atoms with Crippen LogP contribution in [0.5, 0.6) is 0 Å². The highest BCUT2D eigenvalue weighted by Crippen LogP contribution is 2.61. The van der Waals surface area contributed by atoms with Crippen LogP contribution in [-0.4, -0.2) is 41.9 Å². The van der Waals surface area contributed by atoms with Gasteiger partial charge in [0.25, 0.3) is 12.4 Å². The van der Waals surface area contributed by atoms with Crippen molar-refractivity contribution in [3.05, 3.63) is 4.91 Å². The Morgan fingerprint density at radius 3 is 2.52 bits per heavy atom. The number of hydrogen-bond acceptors (Lipinski definition) is 4. The summed E-state index contributed by atoms with van der Waals surface area (Å²) >= 11 is 0. The van der Waals surface area contributed by atoms with Crippen LogP contribution in [0, 0.1) is 39.4 Å². The molecule has 3 fully saturated rings.